The zero-order chi connectivity index (χ0) is 32.0. The van der Waals surface area contributed by atoms with E-state index >= 15 is 0 Å². The van der Waals surface area contributed by atoms with E-state index in [4.69, 9.17) is 0 Å². The van der Waals surface area contributed by atoms with Gasteiger partial charge in [-0.1, -0.05) is 84.9 Å². The Hall–Kier alpha value is -6.77. The van der Waals surface area contributed by atoms with E-state index in [1.54, 1.807) is 0 Å². The molecule has 0 saturated heterocycles. The second kappa shape index (κ2) is 11.2. The van der Waals surface area contributed by atoms with Crippen LogP contribution in [0, 0.1) is 11.3 Å². The Morgan fingerprint density at radius 2 is 0.583 bits per heavy atom. The number of nitrogens with zero attached hydrogens (tertiary/aromatic N) is 5. The van der Waals surface area contributed by atoms with Crippen LogP contribution in [0.4, 0.5) is 68.2 Å². The molecule has 0 N–H and O–H groups in total. The summed E-state index contributed by atoms with van der Waals surface area (Å²) in [4.78, 5) is 9.30. The number of hydrogen-bond acceptors (Lipinski definition) is 5. The Balaban J connectivity index is 1.31. The van der Waals surface area contributed by atoms with Gasteiger partial charge in [0.25, 0.3) is 0 Å². The quantitative estimate of drug-likeness (QED) is 0.197. The summed E-state index contributed by atoms with van der Waals surface area (Å²) in [5.74, 6) is 0. The molecule has 7 aromatic carbocycles. The summed E-state index contributed by atoms with van der Waals surface area (Å²) in [6, 6.07) is 63.5. The molecule has 5 nitrogen and oxygen atoms in total. The standard InChI is InChI=1S/C43H29N5/c44-30-31-27-28-42(47-38-23-11-7-19-34(38)45(32-15-3-1-4-16-32)35-20-8-12-24-39(35)47)43(29-31)48-40-25-13-9-21-36(40)46(33-17-5-2-6-18-33)37-22-10-14-26-41(37)48/h1-29H. The summed E-state index contributed by atoms with van der Waals surface area (Å²) >= 11 is 0. The molecule has 0 unspecified atom stereocenters. The third-order valence-electron chi connectivity index (χ3n) is 9.07. The van der Waals surface area contributed by atoms with Crippen molar-refractivity contribution in [2.75, 3.05) is 19.6 Å². The highest BCUT2D eigenvalue weighted by Gasteiger charge is 2.35. The maximum atomic E-state index is 10.2. The topological polar surface area (TPSA) is 36.8 Å². The molecular weight excluding hydrogens is 587 g/mol. The minimum Gasteiger partial charge on any atom is -0.306 e. The smallest absolute Gasteiger partial charge is 0.0992 e. The molecule has 5 heteroatoms. The number of para-hydroxylation sites is 10. The van der Waals surface area contributed by atoms with Gasteiger partial charge in [-0.3, -0.25) is 0 Å². The molecule has 9 rings (SSSR count). The third kappa shape index (κ3) is 4.24. The van der Waals surface area contributed by atoms with E-state index in [0.717, 1.165) is 68.2 Å². The molecule has 0 atom stereocenters. The van der Waals surface area contributed by atoms with Gasteiger partial charge < -0.3 is 19.6 Å². The van der Waals surface area contributed by atoms with E-state index in [9.17, 15) is 5.26 Å². The highest BCUT2D eigenvalue weighted by molar-refractivity contribution is 6.07. The predicted molar refractivity (Wildman–Crippen MR) is 197 cm³/mol. The Bertz CT molecular complexity index is 2250. The van der Waals surface area contributed by atoms with Crippen molar-refractivity contribution >= 4 is 68.2 Å². The molecule has 2 aliphatic heterocycles. The molecule has 0 amide bonds. The Morgan fingerprint density at radius 1 is 0.292 bits per heavy atom. The number of rotatable bonds is 4. The van der Waals surface area contributed by atoms with Gasteiger partial charge in [0.1, 0.15) is 0 Å². The summed E-state index contributed by atoms with van der Waals surface area (Å²) in [6.07, 6.45) is 0. The maximum absolute atomic E-state index is 10.2. The van der Waals surface area contributed by atoms with Gasteiger partial charge in [0.15, 0.2) is 0 Å². The number of anilines is 12. The average Bonchev–Trinajstić information content (AvgIpc) is 3.16. The molecule has 2 aliphatic rings. The van der Waals surface area contributed by atoms with E-state index in [2.05, 4.69) is 177 Å². The van der Waals surface area contributed by atoms with Crippen molar-refractivity contribution < 1.29 is 0 Å². The molecule has 0 aromatic heterocycles. The fraction of sp³-hybridized carbons (Fsp3) is 0. The van der Waals surface area contributed by atoms with Crippen molar-refractivity contribution in [2.45, 2.75) is 0 Å². The first-order valence-corrected chi connectivity index (χ1v) is 16.0. The zero-order valence-corrected chi connectivity index (χ0v) is 26.0. The summed E-state index contributed by atoms with van der Waals surface area (Å²) in [6.45, 7) is 0. The second-order valence-electron chi connectivity index (χ2n) is 11.8. The molecule has 0 fully saturated rings. The molecule has 7 aromatic rings. The fourth-order valence-electron chi connectivity index (χ4n) is 7.08. The Labute approximate surface area is 280 Å². The first-order chi connectivity index (χ1) is 23.8. The lowest BCUT2D eigenvalue weighted by Gasteiger charge is -2.44. The number of nitriles is 1. The molecule has 0 saturated carbocycles. The van der Waals surface area contributed by atoms with E-state index in [0.29, 0.717) is 5.56 Å². The van der Waals surface area contributed by atoms with Gasteiger partial charge in [-0.05, 0) is 91.0 Å². The molecule has 48 heavy (non-hydrogen) atoms. The first kappa shape index (κ1) is 27.5. The molecule has 226 valence electrons. The van der Waals surface area contributed by atoms with Crippen LogP contribution in [-0.4, -0.2) is 0 Å². The molecular formula is C43H29N5. The summed E-state index contributed by atoms with van der Waals surface area (Å²) < 4.78 is 0. The maximum Gasteiger partial charge on any atom is 0.0992 e. The van der Waals surface area contributed by atoms with Gasteiger partial charge in [0.05, 0.1) is 68.5 Å². The van der Waals surface area contributed by atoms with Crippen molar-refractivity contribution in [3.63, 3.8) is 0 Å². The zero-order valence-electron chi connectivity index (χ0n) is 26.0. The fourth-order valence-corrected chi connectivity index (χ4v) is 7.08. The van der Waals surface area contributed by atoms with Gasteiger partial charge in [-0.25, -0.2) is 0 Å². The van der Waals surface area contributed by atoms with Gasteiger partial charge >= 0.3 is 0 Å². The highest BCUT2D eigenvalue weighted by atomic mass is 15.3. The van der Waals surface area contributed by atoms with E-state index in [-0.39, 0.29) is 0 Å². The lowest BCUT2D eigenvalue weighted by molar-refractivity contribution is 1.14. The van der Waals surface area contributed by atoms with Gasteiger partial charge in [-0.2, -0.15) is 5.26 Å². The van der Waals surface area contributed by atoms with Crippen LogP contribution in [0.5, 0.6) is 0 Å². The van der Waals surface area contributed by atoms with Crippen LogP contribution in [0.2, 0.25) is 0 Å². The van der Waals surface area contributed by atoms with Crippen molar-refractivity contribution in [1.29, 1.82) is 5.26 Å². The number of hydrogen-bond donors (Lipinski definition) is 0. The Morgan fingerprint density at radius 3 is 0.938 bits per heavy atom. The SMILES string of the molecule is N#Cc1ccc(N2c3ccccc3N(c3ccccc3)c3ccccc32)c(N2c3ccccc3N(c3ccccc3)c3ccccc32)c1. The van der Waals surface area contributed by atoms with Crippen LogP contribution >= 0.6 is 0 Å². The van der Waals surface area contributed by atoms with Gasteiger partial charge in [-0.15, -0.1) is 0 Å². The van der Waals surface area contributed by atoms with Gasteiger partial charge in [0.2, 0.25) is 0 Å². The van der Waals surface area contributed by atoms with Crippen LogP contribution in [0.25, 0.3) is 0 Å². The van der Waals surface area contributed by atoms with Crippen LogP contribution in [0.1, 0.15) is 5.56 Å². The minimum atomic E-state index is 0.596. The Kier molecular flexibility index (Phi) is 6.45. The second-order valence-corrected chi connectivity index (χ2v) is 11.8. The molecule has 0 spiro atoms. The predicted octanol–water partition coefficient (Wildman–Crippen LogP) is 12.1. The molecule has 2 heterocycles. The normalized spacial score (nSPS) is 12.8. The average molecular weight is 616 g/mol. The summed E-state index contributed by atoms with van der Waals surface area (Å²) in [7, 11) is 0. The molecule has 0 radical (unpaired) electrons. The van der Waals surface area contributed by atoms with Crippen molar-refractivity contribution in [3.05, 3.63) is 181 Å². The molecule has 0 bridgehead atoms. The van der Waals surface area contributed by atoms with Crippen LogP contribution in [0.15, 0.2) is 176 Å². The van der Waals surface area contributed by atoms with Crippen LogP contribution in [0.3, 0.4) is 0 Å². The highest BCUT2D eigenvalue weighted by Crippen LogP contribution is 2.59. The van der Waals surface area contributed by atoms with Crippen LogP contribution < -0.4 is 19.6 Å². The number of benzene rings is 7. The lowest BCUT2D eigenvalue weighted by Crippen LogP contribution is -2.27. The van der Waals surface area contributed by atoms with Crippen molar-refractivity contribution in [2.24, 2.45) is 0 Å². The molecule has 0 aliphatic carbocycles. The third-order valence-corrected chi connectivity index (χ3v) is 9.07. The monoisotopic (exact) mass is 615 g/mol. The van der Waals surface area contributed by atoms with E-state index < -0.39 is 0 Å². The largest absolute Gasteiger partial charge is 0.306 e. The summed E-state index contributed by atoms with van der Waals surface area (Å²) in [5.41, 5.74) is 13.1. The van der Waals surface area contributed by atoms with E-state index in [1.807, 2.05) is 24.3 Å². The van der Waals surface area contributed by atoms with Gasteiger partial charge in [0, 0.05) is 11.4 Å². The lowest BCUT2D eigenvalue weighted by atomic mass is 10.0. The van der Waals surface area contributed by atoms with Crippen molar-refractivity contribution in [3.8, 4) is 6.07 Å². The first-order valence-electron chi connectivity index (χ1n) is 16.0. The number of fused-ring (bicyclic) bond motifs is 4. The van der Waals surface area contributed by atoms with Crippen molar-refractivity contribution in [1.82, 2.24) is 0 Å². The minimum absolute atomic E-state index is 0.596. The summed E-state index contributed by atoms with van der Waals surface area (Å²) in [5, 5.41) is 10.2. The van der Waals surface area contributed by atoms with E-state index in [1.165, 1.54) is 0 Å². The van der Waals surface area contributed by atoms with Crippen LogP contribution in [-0.2, 0) is 0 Å².